The molecule has 0 aliphatic rings. The van der Waals surface area contributed by atoms with Crippen molar-refractivity contribution in [1.29, 1.82) is 0 Å². The van der Waals surface area contributed by atoms with Crippen LogP contribution in [0.4, 0.5) is 8.78 Å². The molecule has 0 unspecified atom stereocenters. The normalized spacial score (nSPS) is 11.7. The zero-order valence-corrected chi connectivity index (χ0v) is 8.90. The molecule has 1 aromatic carbocycles. The topological polar surface area (TPSA) is 17.8 Å². The van der Waals surface area contributed by atoms with Gasteiger partial charge in [-0.2, -0.15) is 13.9 Å². The summed E-state index contributed by atoms with van der Waals surface area (Å²) in [6, 6.07) is 9.50. The van der Waals surface area contributed by atoms with Crippen molar-refractivity contribution < 1.29 is 8.78 Å². The van der Waals surface area contributed by atoms with Gasteiger partial charge in [0.1, 0.15) is 6.54 Å². The Bertz CT molecular complexity index is 463. The van der Waals surface area contributed by atoms with E-state index in [0.29, 0.717) is 0 Å². The highest BCUT2D eigenvalue weighted by Gasteiger charge is 2.32. The Morgan fingerprint density at radius 2 is 1.88 bits per heavy atom. The van der Waals surface area contributed by atoms with Crippen LogP contribution in [0.1, 0.15) is 11.3 Å². The predicted octanol–water partition coefficient (Wildman–Crippen LogP) is 2.98. The third-order valence-electron chi connectivity index (χ3n) is 2.33. The van der Waals surface area contributed by atoms with Gasteiger partial charge in [0.15, 0.2) is 0 Å². The fraction of sp³-hybridized carbons (Fsp3) is 0.250. The van der Waals surface area contributed by atoms with Crippen LogP contribution in [-0.2, 0) is 12.5 Å². The lowest BCUT2D eigenvalue weighted by atomic mass is 10.1. The van der Waals surface area contributed by atoms with Crippen LogP contribution in [-0.4, -0.2) is 9.78 Å². The molecule has 2 nitrogen and oxygen atoms in total. The molecule has 4 heteroatoms. The average molecular weight is 222 g/mol. The van der Waals surface area contributed by atoms with Crippen LogP contribution >= 0.6 is 0 Å². The highest BCUT2D eigenvalue weighted by Crippen LogP contribution is 2.29. The summed E-state index contributed by atoms with van der Waals surface area (Å²) in [4.78, 5) is 0. The Kier molecular flexibility index (Phi) is 2.73. The lowest BCUT2D eigenvalue weighted by molar-refractivity contribution is -0.0254. The molecular formula is C12H12F2N2. The summed E-state index contributed by atoms with van der Waals surface area (Å²) in [6.07, 6.45) is 1.56. The van der Waals surface area contributed by atoms with Crippen molar-refractivity contribution in [1.82, 2.24) is 9.78 Å². The molecule has 0 bridgehead atoms. The first kappa shape index (κ1) is 10.8. The number of alkyl halides is 2. The highest BCUT2D eigenvalue weighted by molar-refractivity contribution is 5.19. The van der Waals surface area contributed by atoms with E-state index in [1.165, 1.54) is 16.8 Å². The molecule has 0 aliphatic carbocycles. The standard InChI is InChI=1S/C12H12F2N2/c1-10-7-8-16(15-10)9-12(13,14)11-5-3-2-4-6-11/h2-8H,9H2,1H3. The summed E-state index contributed by atoms with van der Waals surface area (Å²) in [6.45, 7) is 1.35. The Labute approximate surface area is 92.5 Å². The van der Waals surface area contributed by atoms with Crippen molar-refractivity contribution in [2.24, 2.45) is 0 Å². The van der Waals surface area contributed by atoms with Crippen LogP contribution < -0.4 is 0 Å². The smallest absolute Gasteiger partial charge is 0.266 e. The molecule has 0 saturated carbocycles. The molecule has 0 aliphatic heterocycles. The number of rotatable bonds is 3. The summed E-state index contributed by atoms with van der Waals surface area (Å²) < 4.78 is 28.8. The van der Waals surface area contributed by atoms with Crippen molar-refractivity contribution in [2.45, 2.75) is 19.4 Å². The van der Waals surface area contributed by atoms with Crippen molar-refractivity contribution >= 4 is 0 Å². The first-order chi connectivity index (χ1) is 7.58. The minimum atomic E-state index is -2.89. The molecule has 1 aromatic heterocycles. The second-order valence-electron chi connectivity index (χ2n) is 3.73. The van der Waals surface area contributed by atoms with Gasteiger partial charge in [-0.25, -0.2) is 0 Å². The van der Waals surface area contributed by atoms with Crippen molar-refractivity contribution in [3.8, 4) is 0 Å². The zero-order chi connectivity index (χ0) is 11.6. The summed E-state index contributed by atoms with van der Waals surface area (Å²) >= 11 is 0. The maximum absolute atomic E-state index is 13.8. The minimum absolute atomic E-state index is 0.0168. The van der Waals surface area contributed by atoms with E-state index in [2.05, 4.69) is 5.10 Å². The van der Waals surface area contributed by atoms with Gasteiger partial charge in [-0.3, -0.25) is 4.68 Å². The van der Waals surface area contributed by atoms with E-state index in [4.69, 9.17) is 0 Å². The van der Waals surface area contributed by atoms with E-state index in [1.54, 1.807) is 37.4 Å². The van der Waals surface area contributed by atoms with Crippen molar-refractivity contribution in [3.63, 3.8) is 0 Å². The zero-order valence-electron chi connectivity index (χ0n) is 8.90. The molecular weight excluding hydrogens is 210 g/mol. The number of aromatic nitrogens is 2. The minimum Gasteiger partial charge on any atom is -0.266 e. The number of hydrogen-bond donors (Lipinski definition) is 0. The largest absolute Gasteiger partial charge is 0.292 e. The fourth-order valence-corrected chi connectivity index (χ4v) is 1.53. The predicted molar refractivity (Wildman–Crippen MR) is 57.3 cm³/mol. The maximum atomic E-state index is 13.8. The van der Waals surface area contributed by atoms with E-state index < -0.39 is 12.5 Å². The van der Waals surface area contributed by atoms with Gasteiger partial charge in [-0.1, -0.05) is 30.3 Å². The third kappa shape index (κ3) is 2.27. The maximum Gasteiger partial charge on any atom is 0.292 e. The molecule has 0 saturated heterocycles. The number of hydrogen-bond acceptors (Lipinski definition) is 1. The van der Waals surface area contributed by atoms with Crippen LogP contribution in [0.2, 0.25) is 0 Å². The van der Waals surface area contributed by atoms with E-state index in [9.17, 15) is 8.78 Å². The molecule has 16 heavy (non-hydrogen) atoms. The number of halogens is 2. The number of benzene rings is 1. The van der Waals surface area contributed by atoms with Gasteiger partial charge in [-0.05, 0) is 13.0 Å². The van der Waals surface area contributed by atoms with Gasteiger partial charge >= 0.3 is 0 Å². The Morgan fingerprint density at radius 1 is 1.19 bits per heavy atom. The van der Waals surface area contributed by atoms with E-state index in [0.717, 1.165) is 5.69 Å². The van der Waals surface area contributed by atoms with Gasteiger partial charge in [0, 0.05) is 11.8 Å². The number of nitrogens with zero attached hydrogens (tertiary/aromatic N) is 2. The van der Waals surface area contributed by atoms with Gasteiger partial charge in [0.05, 0.1) is 5.69 Å². The van der Waals surface area contributed by atoms with Gasteiger partial charge < -0.3 is 0 Å². The van der Waals surface area contributed by atoms with Crippen LogP contribution in [0.5, 0.6) is 0 Å². The van der Waals surface area contributed by atoms with Crippen LogP contribution in [0, 0.1) is 6.92 Å². The first-order valence-corrected chi connectivity index (χ1v) is 5.01. The first-order valence-electron chi connectivity index (χ1n) is 5.01. The lowest BCUT2D eigenvalue weighted by Gasteiger charge is -2.16. The van der Waals surface area contributed by atoms with Crippen molar-refractivity contribution in [2.75, 3.05) is 0 Å². The summed E-state index contributed by atoms with van der Waals surface area (Å²) in [7, 11) is 0. The fourth-order valence-electron chi connectivity index (χ4n) is 1.53. The molecule has 0 N–H and O–H groups in total. The molecule has 0 spiro atoms. The second kappa shape index (κ2) is 4.04. The lowest BCUT2D eigenvalue weighted by Crippen LogP contribution is -2.21. The Balaban J connectivity index is 2.20. The Morgan fingerprint density at radius 3 is 2.44 bits per heavy atom. The quantitative estimate of drug-likeness (QED) is 0.780. The molecule has 2 aromatic rings. The molecule has 0 fully saturated rings. The molecule has 0 amide bonds. The van der Waals surface area contributed by atoms with Gasteiger partial charge in [0.2, 0.25) is 0 Å². The van der Waals surface area contributed by atoms with Crippen molar-refractivity contribution in [3.05, 3.63) is 53.9 Å². The summed E-state index contributed by atoms with van der Waals surface area (Å²) in [5, 5.41) is 3.96. The summed E-state index contributed by atoms with van der Waals surface area (Å²) in [5.41, 5.74) is 0.756. The van der Waals surface area contributed by atoms with E-state index in [-0.39, 0.29) is 5.56 Å². The second-order valence-corrected chi connectivity index (χ2v) is 3.73. The van der Waals surface area contributed by atoms with Gasteiger partial charge in [0.25, 0.3) is 5.92 Å². The number of aryl methyl sites for hydroxylation is 1. The SMILES string of the molecule is Cc1ccn(CC(F)(F)c2ccccc2)n1. The van der Waals surface area contributed by atoms with Crippen LogP contribution in [0.25, 0.3) is 0 Å². The van der Waals surface area contributed by atoms with Crippen LogP contribution in [0.3, 0.4) is 0 Å². The van der Waals surface area contributed by atoms with E-state index >= 15 is 0 Å². The van der Waals surface area contributed by atoms with Gasteiger partial charge in [-0.15, -0.1) is 0 Å². The average Bonchev–Trinajstić information content (AvgIpc) is 2.64. The summed E-state index contributed by atoms with van der Waals surface area (Å²) in [5.74, 6) is -2.89. The monoisotopic (exact) mass is 222 g/mol. The highest BCUT2D eigenvalue weighted by atomic mass is 19.3. The third-order valence-corrected chi connectivity index (χ3v) is 2.33. The molecule has 0 radical (unpaired) electrons. The molecule has 1 heterocycles. The Hall–Kier alpha value is -1.71. The van der Waals surface area contributed by atoms with E-state index in [1.807, 2.05) is 0 Å². The van der Waals surface area contributed by atoms with Crippen LogP contribution in [0.15, 0.2) is 42.6 Å². The molecule has 2 rings (SSSR count). The molecule has 84 valence electrons. The molecule has 0 atom stereocenters.